The number of hydrogen-bond donors (Lipinski definition) is 1. The van der Waals surface area contributed by atoms with Crippen LogP contribution in [0.1, 0.15) is 13.1 Å². The highest BCUT2D eigenvalue weighted by Crippen LogP contribution is 2.34. The molecule has 1 atom stereocenters. The molecule has 0 saturated heterocycles. The van der Waals surface area contributed by atoms with E-state index in [0.717, 1.165) is 28.2 Å². The van der Waals surface area contributed by atoms with Crippen molar-refractivity contribution >= 4 is 16.7 Å². The number of fused-ring (bicyclic) bond motifs is 2. The van der Waals surface area contributed by atoms with Gasteiger partial charge in [0.15, 0.2) is 11.5 Å². The van der Waals surface area contributed by atoms with E-state index < -0.39 is 0 Å². The Bertz CT molecular complexity index is 799. The van der Waals surface area contributed by atoms with Crippen molar-refractivity contribution in [3.63, 3.8) is 0 Å². The minimum Gasteiger partial charge on any atom is -0.454 e. The van der Waals surface area contributed by atoms with E-state index in [0.29, 0.717) is 0 Å². The van der Waals surface area contributed by atoms with Gasteiger partial charge >= 0.3 is 0 Å². The molecular formula is C15H14N4O2. The predicted octanol–water partition coefficient (Wildman–Crippen LogP) is 2.79. The zero-order chi connectivity index (χ0) is 14.2. The van der Waals surface area contributed by atoms with Crippen LogP contribution in [-0.4, -0.2) is 21.8 Å². The summed E-state index contributed by atoms with van der Waals surface area (Å²) in [4.78, 5) is 0. The van der Waals surface area contributed by atoms with Crippen molar-refractivity contribution in [2.45, 2.75) is 13.1 Å². The highest BCUT2D eigenvalue weighted by Gasteiger charge is 2.15. The summed E-state index contributed by atoms with van der Waals surface area (Å²) >= 11 is 0. The SMILES string of the molecule is CC(Nc1ccc2c(c1)OCO2)n1nnc2ccccc21. The van der Waals surface area contributed by atoms with E-state index in [1.54, 1.807) is 0 Å². The second-order valence-electron chi connectivity index (χ2n) is 4.91. The summed E-state index contributed by atoms with van der Waals surface area (Å²) in [5.41, 5.74) is 2.83. The van der Waals surface area contributed by atoms with Crippen LogP contribution < -0.4 is 14.8 Å². The summed E-state index contributed by atoms with van der Waals surface area (Å²) < 4.78 is 12.6. The van der Waals surface area contributed by atoms with Crippen molar-refractivity contribution in [1.29, 1.82) is 0 Å². The number of nitrogens with zero attached hydrogens (tertiary/aromatic N) is 3. The molecule has 6 heteroatoms. The molecule has 106 valence electrons. The Hall–Kier alpha value is -2.76. The fraction of sp³-hybridized carbons (Fsp3) is 0.200. The van der Waals surface area contributed by atoms with Gasteiger partial charge in [0.1, 0.15) is 11.7 Å². The third-order valence-electron chi connectivity index (χ3n) is 3.49. The summed E-state index contributed by atoms with van der Waals surface area (Å²) in [6.45, 7) is 2.31. The Balaban J connectivity index is 1.62. The molecule has 0 amide bonds. The molecule has 2 aromatic carbocycles. The number of ether oxygens (including phenoxy) is 2. The van der Waals surface area contributed by atoms with Crippen LogP contribution >= 0.6 is 0 Å². The van der Waals surface area contributed by atoms with Gasteiger partial charge in [-0.3, -0.25) is 0 Å². The van der Waals surface area contributed by atoms with Gasteiger partial charge in [0.05, 0.1) is 5.52 Å². The maximum atomic E-state index is 5.38. The average Bonchev–Trinajstić information content (AvgIpc) is 3.13. The highest BCUT2D eigenvalue weighted by molar-refractivity contribution is 5.74. The van der Waals surface area contributed by atoms with Crippen LogP contribution in [0.25, 0.3) is 11.0 Å². The highest BCUT2D eigenvalue weighted by atomic mass is 16.7. The molecule has 1 aromatic heterocycles. The molecule has 3 aromatic rings. The molecular weight excluding hydrogens is 268 g/mol. The lowest BCUT2D eigenvalue weighted by atomic mass is 10.2. The average molecular weight is 282 g/mol. The molecule has 2 heterocycles. The first kappa shape index (κ1) is 12.0. The Kier molecular flexibility index (Phi) is 2.67. The lowest BCUT2D eigenvalue weighted by molar-refractivity contribution is 0.174. The summed E-state index contributed by atoms with van der Waals surface area (Å²) in [5, 5.41) is 11.8. The van der Waals surface area contributed by atoms with Gasteiger partial charge in [-0.2, -0.15) is 0 Å². The normalized spacial score (nSPS) is 14.3. The number of anilines is 1. The molecule has 0 radical (unpaired) electrons. The van der Waals surface area contributed by atoms with Crippen LogP contribution in [0, 0.1) is 0 Å². The van der Waals surface area contributed by atoms with E-state index in [1.807, 2.05) is 54.1 Å². The van der Waals surface area contributed by atoms with E-state index in [-0.39, 0.29) is 13.0 Å². The second-order valence-corrected chi connectivity index (χ2v) is 4.91. The lowest BCUT2D eigenvalue weighted by Crippen LogP contribution is -2.16. The van der Waals surface area contributed by atoms with E-state index in [9.17, 15) is 0 Å². The smallest absolute Gasteiger partial charge is 0.231 e. The fourth-order valence-corrected chi connectivity index (χ4v) is 2.46. The fourth-order valence-electron chi connectivity index (χ4n) is 2.46. The van der Waals surface area contributed by atoms with E-state index in [4.69, 9.17) is 9.47 Å². The van der Waals surface area contributed by atoms with Crippen molar-refractivity contribution in [3.8, 4) is 11.5 Å². The first-order valence-electron chi connectivity index (χ1n) is 6.77. The summed E-state index contributed by atoms with van der Waals surface area (Å²) in [6.07, 6.45) is -0.0298. The van der Waals surface area contributed by atoms with Crippen LogP contribution in [0.4, 0.5) is 5.69 Å². The molecule has 0 saturated carbocycles. The van der Waals surface area contributed by atoms with Crippen LogP contribution in [0.2, 0.25) is 0 Å². The van der Waals surface area contributed by atoms with Gasteiger partial charge in [-0.25, -0.2) is 4.68 Å². The van der Waals surface area contributed by atoms with Crippen LogP contribution in [-0.2, 0) is 0 Å². The molecule has 0 aliphatic carbocycles. The van der Waals surface area contributed by atoms with Gasteiger partial charge in [-0.15, -0.1) is 5.10 Å². The Morgan fingerprint density at radius 1 is 1.14 bits per heavy atom. The maximum Gasteiger partial charge on any atom is 0.231 e. The lowest BCUT2D eigenvalue weighted by Gasteiger charge is -2.16. The topological polar surface area (TPSA) is 61.2 Å². The van der Waals surface area contributed by atoms with Crippen molar-refractivity contribution in [2.75, 3.05) is 12.1 Å². The summed E-state index contributed by atoms with van der Waals surface area (Å²) in [6, 6.07) is 13.7. The van der Waals surface area contributed by atoms with Gasteiger partial charge in [0.25, 0.3) is 0 Å². The monoisotopic (exact) mass is 282 g/mol. The van der Waals surface area contributed by atoms with E-state index in [2.05, 4.69) is 15.6 Å². The zero-order valence-corrected chi connectivity index (χ0v) is 11.5. The predicted molar refractivity (Wildman–Crippen MR) is 78.4 cm³/mol. The molecule has 1 aliphatic rings. The van der Waals surface area contributed by atoms with Crippen molar-refractivity contribution < 1.29 is 9.47 Å². The molecule has 0 bridgehead atoms. The molecule has 21 heavy (non-hydrogen) atoms. The number of rotatable bonds is 3. The van der Waals surface area contributed by atoms with Gasteiger partial charge in [-0.05, 0) is 31.2 Å². The minimum absolute atomic E-state index is 0.0298. The molecule has 1 aliphatic heterocycles. The van der Waals surface area contributed by atoms with Gasteiger partial charge in [-0.1, -0.05) is 17.3 Å². The second kappa shape index (κ2) is 4.66. The van der Waals surface area contributed by atoms with Crippen molar-refractivity contribution in [2.24, 2.45) is 0 Å². The standard InChI is InChI=1S/C15H14N4O2/c1-10(19-13-5-3-2-4-12(13)17-18-19)16-11-6-7-14-15(8-11)21-9-20-14/h2-8,10,16H,9H2,1H3. The summed E-state index contributed by atoms with van der Waals surface area (Å²) in [5.74, 6) is 1.54. The van der Waals surface area contributed by atoms with Crippen LogP contribution in [0.15, 0.2) is 42.5 Å². The Morgan fingerprint density at radius 2 is 2.00 bits per heavy atom. The number of nitrogens with one attached hydrogen (secondary N) is 1. The quantitative estimate of drug-likeness (QED) is 0.800. The van der Waals surface area contributed by atoms with Gasteiger partial charge in [0, 0.05) is 11.8 Å². The zero-order valence-electron chi connectivity index (χ0n) is 11.5. The Labute approximate surface area is 121 Å². The number of hydrogen-bond acceptors (Lipinski definition) is 5. The third-order valence-corrected chi connectivity index (χ3v) is 3.49. The molecule has 6 nitrogen and oxygen atoms in total. The number of benzene rings is 2. The van der Waals surface area contributed by atoms with Crippen molar-refractivity contribution in [1.82, 2.24) is 15.0 Å². The minimum atomic E-state index is -0.0298. The first-order valence-corrected chi connectivity index (χ1v) is 6.77. The largest absolute Gasteiger partial charge is 0.454 e. The van der Waals surface area contributed by atoms with E-state index in [1.165, 1.54) is 0 Å². The number of para-hydroxylation sites is 1. The van der Waals surface area contributed by atoms with Gasteiger partial charge in [0.2, 0.25) is 6.79 Å². The summed E-state index contributed by atoms with van der Waals surface area (Å²) in [7, 11) is 0. The molecule has 0 spiro atoms. The van der Waals surface area contributed by atoms with E-state index >= 15 is 0 Å². The number of aromatic nitrogens is 3. The molecule has 1 unspecified atom stereocenters. The van der Waals surface area contributed by atoms with Crippen LogP contribution in [0.3, 0.4) is 0 Å². The first-order chi connectivity index (χ1) is 10.3. The molecule has 0 fully saturated rings. The molecule has 4 rings (SSSR count). The molecule has 1 N–H and O–H groups in total. The van der Waals surface area contributed by atoms with Crippen LogP contribution in [0.5, 0.6) is 11.5 Å². The maximum absolute atomic E-state index is 5.38. The third kappa shape index (κ3) is 2.05. The van der Waals surface area contributed by atoms with Crippen molar-refractivity contribution in [3.05, 3.63) is 42.5 Å². The Morgan fingerprint density at radius 3 is 2.95 bits per heavy atom. The van der Waals surface area contributed by atoms with Gasteiger partial charge < -0.3 is 14.8 Å².